The predicted molar refractivity (Wildman–Crippen MR) is 69.9 cm³/mol. The Morgan fingerprint density at radius 1 is 1.41 bits per heavy atom. The van der Waals surface area contributed by atoms with Gasteiger partial charge in [-0.05, 0) is 19.8 Å². The number of hydrogen-bond acceptors (Lipinski definition) is 4. The molecule has 0 spiro atoms. The molecule has 0 N–H and O–H groups in total. The van der Waals surface area contributed by atoms with Gasteiger partial charge in [0, 0.05) is 29.6 Å². The quantitative estimate of drug-likeness (QED) is 0.826. The maximum Gasteiger partial charge on any atom is 0.211 e. The van der Waals surface area contributed by atoms with Gasteiger partial charge in [-0.15, -0.1) is 11.3 Å². The van der Waals surface area contributed by atoms with E-state index < -0.39 is 10.0 Å². The first-order valence-electron chi connectivity index (χ1n) is 5.69. The average Bonchev–Trinajstić information content (AvgIpc) is 2.65. The molecule has 6 heteroatoms. The van der Waals surface area contributed by atoms with E-state index in [1.54, 1.807) is 15.6 Å². The van der Waals surface area contributed by atoms with Gasteiger partial charge in [-0.2, -0.15) is 0 Å². The molecule has 1 saturated heterocycles. The van der Waals surface area contributed by atoms with Crippen LogP contribution in [0.25, 0.3) is 0 Å². The molecule has 0 bridgehead atoms. The molecule has 0 aromatic carbocycles. The summed E-state index contributed by atoms with van der Waals surface area (Å²) in [7, 11) is -3.04. The van der Waals surface area contributed by atoms with Gasteiger partial charge in [-0.3, -0.25) is 0 Å². The Labute approximate surface area is 107 Å². The summed E-state index contributed by atoms with van der Waals surface area (Å²) in [5.74, 6) is 0. The van der Waals surface area contributed by atoms with E-state index in [1.165, 1.54) is 11.1 Å². The van der Waals surface area contributed by atoms with Crippen LogP contribution in [0.15, 0.2) is 6.20 Å². The monoisotopic (exact) mass is 274 g/mol. The zero-order valence-electron chi connectivity index (χ0n) is 10.4. The van der Waals surface area contributed by atoms with Crippen LogP contribution in [0.3, 0.4) is 0 Å². The van der Waals surface area contributed by atoms with Crippen molar-refractivity contribution in [1.29, 1.82) is 0 Å². The third-order valence-corrected chi connectivity index (χ3v) is 5.95. The summed E-state index contributed by atoms with van der Waals surface area (Å²) in [6.45, 7) is 5.45. The zero-order chi connectivity index (χ0) is 12.7. The van der Waals surface area contributed by atoms with Gasteiger partial charge in [0.05, 0.1) is 11.3 Å². The number of rotatable bonds is 2. The van der Waals surface area contributed by atoms with Gasteiger partial charge < -0.3 is 0 Å². The van der Waals surface area contributed by atoms with Crippen molar-refractivity contribution in [3.05, 3.63) is 16.1 Å². The van der Waals surface area contributed by atoms with Crippen LogP contribution in [0, 0.1) is 6.92 Å². The first kappa shape index (κ1) is 13.0. The topological polar surface area (TPSA) is 50.3 Å². The lowest BCUT2D eigenvalue weighted by atomic mass is 9.82. The average molecular weight is 274 g/mol. The summed E-state index contributed by atoms with van der Waals surface area (Å²) < 4.78 is 24.5. The molecule has 1 aromatic rings. The van der Waals surface area contributed by atoms with Gasteiger partial charge in [-0.25, -0.2) is 17.7 Å². The van der Waals surface area contributed by atoms with Gasteiger partial charge in [0.1, 0.15) is 0 Å². The van der Waals surface area contributed by atoms with E-state index in [2.05, 4.69) is 18.8 Å². The van der Waals surface area contributed by atoms with E-state index in [0.29, 0.717) is 13.1 Å². The first-order valence-corrected chi connectivity index (χ1v) is 8.36. The van der Waals surface area contributed by atoms with Gasteiger partial charge in [0.25, 0.3) is 0 Å². The van der Waals surface area contributed by atoms with Crippen molar-refractivity contribution < 1.29 is 8.42 Å². The van der Waals surface area contributed by atoms with E-state index in [9.17, 15) is 8.42 Å². The number of sulfonamides is 1. The molecule has 0 amide bonds. The Morgan fingerprint density at radius 3 is 2.41 bits per heavy atom. The molecule has 0 aliphatic carbocycles. The van der Waals surface area contributed by atoms with Crippen LogP contribution < -0.4 is 0 Å². The fourth-order valence-electron chi connectivity index (χ4n) is 2.16. The molecule has 0 saturated carbocycles. The molecule has 0 atom stereocenters. The van der Waals surface area contributed by atoms with E-state index in [4.69, 9.17) is 0 Å². The molecular weight excluding hydrogens is 256 g/mol. The molecule has 4 nitrogen and oxygen atoms in total. The Kier molecular flexibility index (Phi) is 3.31. The van der Waals surface area contributed by atoms with Crippen molar-refractivity contribution in [3.8, 4) is 0 Å². The predicted octanol–water partition coefficient (Wildman–Crippen LogP) is 1.76. The Balaban J connectivity index is 2.13. The maximum absolute atomic E-state index is 11.5. The second kappa shape index (κ2) is 4.33. The maximum atomic E-state index is 11.5. The highest BCUT2D eigenvalue weighted by Gasteiger charge is 2.36. The highest BCUT2D eigenvalue weighted by Crippen LogP contribution is 2.37. The van der Waals surface area contributed by atoms with Crippen molar-refractivity contribution in [1.82, 2.24) is 9.29 Å². The number of thiazole rings is 1. The number of hydrogen-bond donors (Lipinski definition) is 0. The smallest absolute Gasteiger partial charge is 0.211 e. The van der Waals surface area contributed by atoms with Crippen LogP contribution in [0.2, 0.25) is 0 Å². The molecule has 0 radical (unpaired) electrons. The summed E-state index contributed by atoms with van der Waals surface area (Å²) in [6, 6.07) is 0. The fraction of sp³-hybridized carbons (Fsp3) is 0.727. The Hall–Kier alpha value is -0.460. The molecule has 2 heterocycles. The zero-order valence-corrected chi connectivity index (χ0v) is 12.1. The van der Waals surface area contributed by atoms with Gasteiger partial charge >= 0.3 is 0 Å². The van der Waals surface area contributed by atoms with E-state index in [1.807, 2.05) is 6.20 Å². The number of piperidine rings is 1. The third-order valence-electron chi connectivity index (χ3n) is 3.43. The van der Waals surface area contributed by atoms with Gasteiger partial charge in [0.15, 0.2) is 0 Å². The van der Waals surface area contributed by atoms with Crippen LogP contribution in [0.4, 0.5) is 0 Å². The summed E-state index contributed by atoms with van der Waals surface area (Å²) >= 11 is 1.72. The van der Waals surface area contributed by atoms with E-state index in [-0.39, 0.29) is 5.41 Å². The lowest BCUT2D eigenvalue weighted by Crippen LogP contribution is -2.43. The summed E-state index contributed by atoms with van der Waals surface area (Å²) in [6.07, 6.45) is 4.89. The number of aromatic nitrogens is 1. The largest absolute Gasteiger partial charge is 0.249 e. The van der Waals surface area contributed by atoms with E-state index in [0.717, 1.165) is 17.8 Å². The SMILES string of the molecule is Cc1cnc(C2(C)CCN(S(C)(=O)=O)CC2)s1. The number of nitrogens with zero attached hydrogens (tertiary/aromatic N) is 2. The first-order chi connectivity index (χ1) is 7.81. The van der Waals surface area contributed by atoms with Crippen molar-refractivity contribution >= 4 is 21.4 Å². The van der Waals surface area contributed by atoms with Crippen molar-refractivity contribution in [2.75, 3.05) is 19.3 Å². The molecule has 96 valence electrons. The highest BCUT2D eigenvalue weighted by molar-refractivity contribution is 7.88. The van der Waals surface area contributed by atoms with Gasteiger partial charge in [-0.1, -0.05) is 6.92 Å². The van der Waals surface area contributed by atoms with E-state index >= 15 is 0 Å². The molecule has 17 heavy (non-hydrogen) atoms. The minimum absolute atomic E-state index is 0.0418. The number of aryl methyl sites for hydroxylation is 1. The minimum atomic E-state index is -3.04. The standard InChI is InChI=1S/C11H18N2O2S2/c1-9-8-12-10(16-9)11(2)4-6-13(7-5-11)17(3,14)15/h8H,4-7H2,1-3H3. The normalized spacial score (nSPS) is 21.6. The second-order valence-electron chi connectivity index (χ2n) is 5.00. The van der Waals surface area contributed by atoms with Crippen LogP contribution >= 0.6 is 11.3 Å². The minimum Gasteiger partial charge on any atom is -0.249 e. The lowest BCUT2D eigenvalue weighted by molar-refractivity contribution is 0.249. The summed E-state index contributed by atoms with van der Waals surface area (Å²) in [5, 5.41) is 1.14. The second-order valence-corrected chi connectivity index (χ2v) is 8.22. The molecule has 1 aliphatic heterocycles. The Bertz CT molecular complexity index is 499. The molecule has 0 unspecified atom stereocenters. The fourth-order valence-corrected chi connectivity index (χ4v) is 3.97. The van der Waals surface area contributed by atoms with Crippen LogP contribution in [-0.2, 0) is 15.4 Å². The molecule has 1 aliphatic rings. The van der Waals surface area contributed by atoms with Crippen LogP contribution in [0.1, 0.15) is 29.7 Å². The molecular formula is C11H18N2O2S2. The summed E-state index contributed by atoms with van der Waals surface area (Å²) in [4.78, 5) is 5.66. The molecule has 1 aromatic heterocycles. The van der Waals surface area contributed by atoms with Crippen molar-refractivity contribution in [3.63, 3.8) is 0 Å². The van der Waals surface area contributed by atoms with Crippen LogP contribution in [-0.4, -0.2) is 37.1 Å². The Morgan fingerprint density at radius 2 is 2.00 bits per heavy atom. The van der Waals surface area contributed by atoms with Crippen molar-refractivity contribution in [2.45, 2.75) is 32.1 Å². The third kappa shape index (κ3) is 2.69. The molecule has 1 fully saturated rings. The molecule has 2 rings (SSSR count). The van der Waals surface area contributed by atoms with Crippen LogP contribution in [0.5, 0.6) is 0 Å². The van der Waals surface area contributed by atoms with Gasteiger partial charge in [0.2, 0.25) is 10.0 Å². The lowest BCUT2D eigenvalue weighted by Gasteiger charge is -2.36. The van der Waals surface area contributed by atoms with Crippen molar-refractivity contribution in [2.24, 2.45) is 0 Å². The highest BCUT2D eigenvalue weighted by atomic mass is 32.2. The summed E-state index contributed by atoms with van der Waals surface area (Å²) in [5.41, 5.74) is 0.0418.